The number of hydrazone groups is 1. The van der Waals surface area contributed by atoms with E-state index in [4.69, 9.17) is 32.7 Å². The number of nitrogens with one attached hydrogen (secondary N) is 2. The number of hydrogen-bond acceptors (Lipinski definition) is 5. The molecule has 0 radical (unpaired) electrons. The summed E-state index contributed by atoms with van der Waals surface area (Å²) in [6.45, 7) is -0.273. The summed E-state index contributed by atoms with van der Waals surface area (Å²) in [5, 5.41) is 6.91. The van der Waals surface area contributed by atoms with Crippen LogP contribution in [0.2, 0.25) is 10.0 Å². The number of methoxy groups -OCH3 is 2. The number of hydrogen-bond donors (Lipinski definition) is 2. The molecule has 0 saturated heterocycles. The van der Waals surface area contributed by atoms with Gasteiger partial charge in [0.05, 0.1) is 37.6 Å². The minimum atomic E-state index is -0.508. The van der Waals surface area contributed by atoms with Gasteiger partial charge >= 0.3 is 0 Å². The first-order chi connectivity index (χ1) is 12.9. The van der Waals surface area contributed by atoms with Crippen molar-refractivity contribution in [2.24, 2.45) is 5.10 Å². The molecular weight excluding hydrogens is 393 g/mol. The van der Waals surface area contributed by atoms with Crippen LogP contribution in [0.1, 0.15) is 15.9 Å². The molecule has 0 aromatic heterocycles. The summed E-state index contributed by atoms with van der Waals surface area (Å²) in [4.78, 5) is 23.9. The molecule has 0 aliphatic carbocycles. The van der Waals surface area contributed by atoms with Gasteiger partial charge in [0.1, 0.15) is 11.5 Å². The van der Waals surface area contributed by atoms with Crippen LogP contribution in [0.3, 0.4) is 0 Å². The second kappa shape index (κ2) is 9.80. The summed E-state index contributed by atoms with van der Waals surface area (Å²) >= 11 is 11.7. The van der Waals surface area contributed by atoms with E-state index in [9.17, 15) is 9.59 Å². The van der Waals surface area contributed by atoms with Crippen LogP contribution in [0.4, 0.5) is 0 Å². The van der Waals surface area contributed by atoms with Crippen LogP contribution in [0, 0.1) is 0 Å². The molecule has 0 bridgehead atoms. The maximum absolute atomic E-state index is 12.0. The van der Waals surface area contributed by atoms with Crippen molar-refractivity contribution >= 4 is 41.2 Å². The van der Waals surface area contributed by atoms with Gasteiger partial charge in [-0.05, 0) is 36.4 Å². The van der Waals surface area contributed by atoms with Gasteiger partial charge in [-0.2, -0.15) is 5.10 Å². The van der Waals surface area contributed by atoms with E-state index in [2.05, 4.69) is 15.8 Å². The lowest BCUT2D eigenvalue weighted by atomic mass is 10.2. The van der Waals surface area contributed by atoms with Gasteiger partial charge in [0.15, 0.2) is 0 Å². The summed E-state index contributed by atoms with van der Waals surface area (Å²) in [6.07, 6.45) is 1.41. The van der Waals surface area contributed by atoms with E-state index in [-0.39, 0.29) is 17.1 Å². The lowest BCUT2D eigenvalue weighted by Crippen LogP contribution is -2.35. The minimum Gasteiger partial charge on any atom is -0.497 e. The van der Waals surface area contributed by atoms with E-state index in [1.807, 2.05) is 0 Å². The van der Waals surface area contributed by atoms with E-state index in [1.165, 1.54) is 31.5 Å². The van der Waals surface area contributed by atoms with E-state index in [1.54, 1.807) is 25.3 Å². The number of rotatable bonds is 7. The molecule has 0 aliphatic rings. The van der Waals surface area contributed by atoms with Crippen molar-refractivity contribution in [3.63, 3.8) is 0 Å². The molecule has 142 valence electrons. The molecule has 0 heterocycles. The van der Waals surface area contributed by atoms with E-state index < -0.39 is 11.8 Å². The van der Waals surface area contributed by atoms with Crippen molar-refractivity contribution in [3.8, 4) is 11.5 Å². The van der Waals surface area contributed by atoms with Gasteiger partial charge in [-0.25, -0.2) is 5.43 Å². The van der Waals surface area contributed by atoms with Crippen LogP contribution in [0.25, 0.3) is 0 Å². The first kappa shape index (κ1) is 20.5. The normalized spacial score (nSPS) is 10.5. The molecule has 0 saturated carbocycles. The van der Waals surface area contributed by atoms with Gasteiger partial charge in [-0.1, -0.05) is 23.2 Å². The highest BCUT2D eigenvalue weighted by Crippen LogP contribution is 2.22. The Bertz CT molecular complexity index is 872. The Morgan fingerprint density at radius 2 is 1.89 bits per heavy atom. The number of carbonyl (C=O) groups excluding carboxylic acids is 2. The van der Waals surface area contributed by atoms with Gasteiger partial charge in [0.2, 0.25) is 0 Å². The molecular formula is C18H17Cl2N3O4. The number of ether oxygens (including phenoxy) is 2. The first-order valence-corrected chi connectivity index (χ1v) is 8.47. The first-order valence-electron chi connectivity index (χ1n) is 7.71. The second-order valence-corrected chi connectivity index (χ2v) is 6.05. The highest BCUT2D eigenvalue weighted by molar-refractivity contribution is 6.36. The lowest BCUT2D eigenvalue weighted by molar-refractivity contribution is -0.120. The van der Waals surface area contributed by atoms with Crippen molar-refractivity contribution in [3.05, 3.63) is 57.6 Å². The minimum absolute atomic E-state index is 0.198. The summed E-state index contributed by atoms with van der Waals surface area (Å²) in [5.74, 6) is 0.187. The molecule has 2 rings (SSSR count). The Morgan fingerprint density at radius 3 is 2.56 bits per heavy atom. The van der Waals surface area contributed by atoms with E-state index in [0.29, 0.717) is 22.1 Å². The number of nitrogens with zero attached hydrogens (tertiary/aromatic N) is 1. The van der Waals surface area contributed by atoms with Crippen molar-refractivity contribution in [2.75, 3.05) is 20.8 Å². The Hall–Kier alpha value is -2.77. The number of carbonyl (C=O) groups is 2. The highest BCUT2D eigenvalue weighted by atomic mass is 35.5. The highest BCUT2D eigenvalue weighted by Gasteiger charge is 2.12. The Morgan fingerprint density at radius 1 is 1.11 bits per heavy atom. The Balaban J connectivity index is 1.91. The standard InChI is InChI=1S/C18H17Cl2N3O4/c1-26-13-4-6-16(27-2)11(7-13)9-22-23-17(24)10-21-18(25)14-5-3-12(19)8-15(14)20/h3-9H,10H2,1-2H3,(H,21,25)(H,23,24)/b22-9+. The molecule has 2 N–H and O–H groups in total. The largest absolute Gasteiger partial charge is 0.497 e. The Kier molecular flexibility index (Phi) is 7.45. The van der Waals surface area contributed by atoms with Gasteiger partial charge in [-0.15, -0.1) is 0 Å². The predicted molar refractivity (Wildman–Crippen MR) is 104 cm³/mol. The zero-order chi connectivity index (χ0) is 19.8. The maximum atomic E-state index is 12.0. The topological polar surface area (TPSA) is 89.0 Å². The van der Waals surface area contributed by atoms with Crippen LogP contribution >= 0.6 is 23.2 Å². The summed E-state index contributed by atoms with van der Waals surface area (Å²) < 4.78 is 10.3. The third kappa shape index (κ3) is 5.87. The van der Waals surface area contributed by atoms with Crippen LogP contribution in [-0.4, -0.2) is 38.8 Å². The Labute approximate surface area is 166 Å². The molecule has 0 spiro atoms. The fourth-order valence-electron chi connectivity index (χ4n) is 2.08. The number of halogens is 2. The predicted octanol–water partition coefficient (Wildman–Crippen LogP) is 2.89. The molecule has 0 unspecified atom stereocenters. The number of amides is 2. The lowest BCUT2D eigenvalue weighted by Gasteiger charge is -2.07. The molecule has 27 heavy (non-hydrogen) atoms. The van der Waals surface area contributed by atoms with Gasteiger partial charge in [0.25, 0.3) is 11.8 Å². The van der Waals surface area contributed by atoms with E-state index in [0.717, 1.165) is 0 Å². The van der Waals surface area contributed by atoms with Crippen molar-refractivity contribution in [1.82, 2.24) is 10.7 Å². The molecule has 2 aromatic rings. The van der Waals surface area contributed by atoms with Crippen molar-refractivity contribution in [1.29, 1.82) is 0 Å². The molecule has 0 fully saturated rings. The van der Waals surface area contributed by atoms with Gasteiger partial charge in [0, 0.05) is 10.6 Å². The fourth-order valence-corrected chi connectivity index (χ4v) is 2.58. The monoisotopic (exact) mass is 409 g/mol. The average Bonchev–Trinajstić information content (AvgIpc) is 2.66. The quantitative estimate of drug-likeness (QED) is 0.543. The van der Waals surface area contributed by atoms with Crippen LogP contribution in [-0.2, 0) is 4.79 Å². The average molecular weight is 410 g/mol. The van der Waals surface area contributed by atoms with Gasteiger partial charge < -0.3 is 14.8 Å². The smallest absolute Gasteiger partial charge is 0.259 e. The molecule has 0 aliphatic heterocycles. The summed E-state index contributed by atoms with van der Waals surface area (Å²) in [5.41, 5.74) is 3.16. The molecule has 9 heteroatoms. The summed E-state index contributed by atoms with van der Waals surface area (Å²) in [7, 11) is 3.06. The third-order valence-electron chi connectivity index (χ3n) is 3.42. The molecule has 0 atom stereocenters. The van der Waals surface area contributed by atoms with Crippen LogP contribution in [0.5, 0.6) is 11.5 Å². The third-order valence-corrected chi connectivity index (χ3v) is 3.96. The second-order valence-electron chi connectivity index (χ2n) is 5.21. The van der Waals surface area contributed by atoms with Crippen molar-refractivity contribution in [2.45, 2.75) is 0 Å². The summed E-state index contributed by atoms with van der Waals surface area (Å²) in [6, 6.07) is 9.63. The zero-order valence-corrected chi connectivity index (χ0v) is 16.1. The van der Waals surface area contributed by atoms with Crippen molar-refractivity contribution < 1.29 is 19.1 Å². The number of benzene rings is 2. The molecule has 7 nitrogen and oxygen atoms in total. The zero-order valence-electron chi connectivity index (χ0n) is 14.6. The SMILES string of the molecule is COc1ccc(OC)c(/C=N/NC(=O)CNC(=O)c2ccc(Cl)cc2Cl)c1. The van der Waals surface area contributed by atoms with Gasteiger partial charge in [-0.3, -0.25) is 9.59 Å². The molecule has 2 aromatic carbocycles. The van der Waals surface area contributed by atoms with Crippen LogP contribution in [0.15, 0.2) is 41.5 Å². The fraction of sp³-hybridized carbons (Fsp3) is 0.167. The van der Waals surface area contributed by atoms with E-state index >= 15 is 0 Å². The maximum Gasteiger partial charge on any atom is 0.259 e. The van der Waals surface area contributed by atoms with Crippen LogP contribution < -0.4 is 20.2 Å². The molecule has 2 amide bonds.